The van der Waals surface area contributed by atoms with Gasteiger partial charge in [0.1, 0.15) is 17.2 Å². The molecule has 1 saturated heterocycles. The van der Waals surface area contributed by atoms with E-state index in [1.54, 1.807) is 41.2 Å². The summed E-state index contributed by atoms with van der Waals surface area (Å²) in [6.45, 7) is 1.93. The number of ether oxygens (including phenoxy) is 2. The van der Waals surface area contributed by atoms with E-state index in [0.717, 1.165) is 21.1 Å². The van der Waals surface area contributed by atoms with Gasteiger partial charge in [0.25, 0.3) is 11.8 Å². The van der Waals surface area contributed by atoms with Crippen LogP contribution >= 0.6 is 15.9 Å². The van der Waals surface area contributed by atoms with Gasteiger partial charge < -0.3 is 24.3 Å². The van der Waals surface area contributed by atoms with E-state index in [0.29, 0.717) is 37.6 Å². The zero-order valence-electron chi connectivity index (χ0n) is 16.6. The normalized spacial score (nSPS) is 14.1. The van der Waals surface area contributed by atoms with Gasteiger partial charge in [-0.15, -0.1) is 0 Å². The fraction of sp³-hybridized carbons (Fsp3) is 0.273. The van der Waals surface area contributed by atoms with Gasteiger partial charge in [-0.3, -0.25) is 9.59 Å². The van der Waals surface area contributed by atoms with E-state index < -0.39 is 0 Å². The number of piperazine rings is 1. The van der Waals surface area contributed by atoms with Crippen molar-refractivity contribution in [2.24, 2.45) is 0 Å². The van der Waals surface area contributed by atoms with Crippen LogP contribution in [-0.4, -0.2) is 66.5 Å². The van der Waals surface area contributed by atoms with Gasteiger partial charge in [0.05, 0.1) is 7.11 Å². The molecule has 3 aromatic rings. The van der Waals surface area contributed by atoms with Crippen LogP contribution in [0.4, 0.5) is 0 Å². The van der Waals surface area contributed by atoms with Crippen molar-refractivity contribution in [1.82, 2.24) is 14.8 Å². The molecule has 4 rings (SSSR count). The van der Waals surface area contributed by atoms with E-state index in [4.69, 9.17) is 9.47 Å². The van der Waals surface area contributed by atoms with Crippen molar-refractivity contribution in [3.05, 3.63) is 58.7 Å². The minimum absolute atomic E-state index is 0.0306. The molecule has 30 heavy (non-hydrogen) atoms. The highest BCUT2D eigenvalue weighted by Gasteiger charge is 2.26. The number of aromatic nitrogens is 1. The average molecular weight is 472 g/mol. The summed E-state index contributed by atoms with van der Waals surface area (Å²) < 4.78 is 11.6. The van der Waals surface area contributed by atoms with Gasteiger partial charge in [-0.2, -0.15) is 0 Å². The van der Waals surface area contributed by atoms with Gasteiger partial charge in [-0.05, 0) is 48.5 Å². The van der Waals surface area contributed by atoms with Crippen LogP contribution < -0.4 is 9.47 Å². The van der Waals surface area contributed by atoms with Crippen molar-refractivity contribution in [2.75, 3.05) is 39.9 Å². The number of carbonyl (C=O) groups excluding carboxylic acids is 2. The standard InChI is InChI=1S/C22H22BrN3O4/c1-29-17-3-5-18(6-4-17)30-14-21(27)25-8-10-26(11-9-25)22(28)20-13-15-12-16(23)2-7-19(15)24-20/h2-7,12-13,24H,8-11,14H2,1H3. The largest absolute Gasteiger partial charge is 0.497 e. The fourth-order valence-corrected chi connectivity index (χ4v) is 3.84. The molecule has 156 valence electrons. The molecular weight excluding hydrogens is 450 g/mol. The number of fused-ring (bicyclic) bond motifs is 1. The maximum absolute atomic E-state index is 12.8. The van der Waals surface area contributed by atoms with Gasteiger partial charge in [0, 0.05) is 41.6 Å². The van der Waals surface area contributed by atoms with Gasteiger partial charge in [-0.25, -0.2) is 0 Å². The highest BCUT2D eigenvalue weighted by Crippen LogP contribution is 2.22. The Hall–Kier alpha value is -3.00. The van der Waals surface area contributed by atoms with Crippen LogP contribution in [-0.2, 0) is 4.79 Å². The molecule has 2 heterocycles. The van der Waals surface area contributed by atoms with Crippen LogP contribution in [0.15, 0.2) is 53.0 Å². The molecule has 2 amide bonds. The fourth-order valence-electron chi connectivity index (χ4n) is 3.46. The van der Waals surface area contributed by atoms with Crippen LogP contribution in [0.25, 0.3) is 10.9 Å². The minimum atomic E-state index is -0.0895. The van der Waals surface area contributed by atoms with Gasteiger partial charge in [0.2, 0.25) is 0 Å². The summed E-state index contributed by atoms with van der Waals surface area (Å²) in [7, 11) is 1.60. The zero-order valence-corrected chi connectivity index (χ0v) is 18.1. The summed E-state index contributed by atoms with van der Waals surface area (Å²) in [4.78, 5) is 32.0. The third-order valence-electron chi connectivity index (χ3n) is 5.15. The van der Waals surface area contributed by atoms with Crippen LogP contribution in [0, 0.1) is 0 Å². The Labute approximate surface area is 182 Å². The lowest BCUT2D eigenvalue weighted by atomic mass is 10.2. The third kappa shape index (κ3) is 4.43. The monoisotopic (exact) mass is 471 g/mol. The second-order valence-corrected chi connectivity index (χ2v) is 7.97. The van der Waals surface area contributed by atoms with Gasteiger partial charge >= 0.3 is 0 Å². The Morgan fingerprint density at radius 1 is 0.967 bits per heavy atom. The van der Waals surface area contributed by atoms with Crippen LogP contribution in [0.2, 0.25) is 0 Å². The number of carbonyl (C=O) groups is 2. The van der Waals surface area contributed by atoms with Crippen molar-refractivity contribution < 1.29 is 19.1 Å². The Morgan fingerprint density at radius 2 is 1.63 bits per heavy atom. The molecule has 1 N–H and O–H groups in total. The lowest BCUT2D eigenvalue weighted by molar-refractivity contribution is -0.134. The summed E-state index contributed by atoms with van der Waals surface area (Å²) in [5.41, 5.74) is 1.48. The van der Waals surface area contributed by atoms with E-state index >= 15 is 0 Å². The first-order chi connectivity index (χ1) is 14.5. The first-order valence-corrected chi connectivity index (χ1v) is 10.4. The number of benzene rings is 2. The molecule has 1 aliphatic rings. The van der Waals surface area contributed by atoms with Crippen LogP contribution in [0.3, 0.4) is 0 Å². The summed E-state index contributed by atoms with van der Waals surface area (Å²) in [6, 6.07) is 14.8. The maximum Gasteiger partial charge on any atom is 0.270 e. The summed E-state index contributed by atoms with van der Waals surface area (Å²) in [5, 5.41) is 0.984. The minimum Gasteiger partial charge on any atom is -0.497 e. The highest BCUT2D eigenvalue weighted by atomic mass is 79.9. The quantitative estimate of drug-likeness (QED) is 0.619. The van der Waals surface area contributed by atoms with Crippen LogP contribution in [0.1, 0.15) is 10.5 Å². The molecule has 0 atom stereocenters. The molecule has 2 aromatic carbocycles. The van der Waals surface area contributed by atoms with Crippen LogP contribution in [0.5, 0.6) is 11.5 Å². The van der Waals surface area contributed by atoms with E-state index in [2.05, 4.69) is 20.9 Å². The van der Waals surface area contributed by atoms with E-state index in [9.17, 15) is 9.59 Å². The van der Waals surface area contributed by atoms with Crippen molar-refractivity contribution in [3.8, 4) is 11.5 Å². The third-order valence-corrected chi connectivity index (χ3v) is 5.65. The number of nitrogens with one attached hydrogen (secondary N) is 1. The number of aromatic amines is 1. The highest BCUT2D eigenvalue weighted by molar-refractivity contribution is 9.10. The molecule has 7 nitrogen and oxygen atoms in total. The molecule has 8 heteroatoms. The predicted molar refractivity (Wildman–Crippen MR) is 117 cm³/mol. The first-order valence-electron chi connectivity index (χ1n) is 9.65. The average Bonchev–Trinajstić information content (AvgIpc) is 3.20. The lowest BCUT2D eigenvalue weighted by Gasteiger charge is -2.34. The number of halogens is 1. The molecule has 0 aliphatic carbocycles. The molecular formula is C22H22BrN3O4. The lowest BCUT2D eigenvalue weighted by Crippen LogP contribution is -2.51. The maximum atomic E-state index is 12.8. The molecule has 1 aromatic heterocycles. The second kappa shape index (κ2) is 8.79. The summed E-state index contributed by atoms with van der Waals surface area (Å²) in [5.74, 6) is 1.21. The molecule has 0 bridgehead atoms. The van der Waals surface area contributed by atoms with Crippen molar-refractivity contribution >= 4 is 38.6 Å². The van der Waals surface area contributed by atoms with Crippen molar-refractivity contribution in [3.63, 3.8) is 0 Å². The van der Waals surface area contributed by atoms with Gasteiger partial charge in [0.15, 0.2) is 6.61 Å². The number of hydrogen-bond donors (Lipinski definition) is 1. The Kier molecular flexibility index (Phi) is 5.94. The Balaban J connectivity index is 1.30. The number of rotatable bonds is 5. The number of amides is 2. The van der Waals surface area contributed by atoms with E-state index in [1.807, 2.05) is 24.3 Å². The molecule has 0 spiro atoms. The molecule has 0 saturated carbocycles. The summed E-state index contributed by atoms with van der Waals surface area (Å²) >= 11 is 3.45. The van der Waals surface area contributed by atoms with Gasteiger partial charge in [-0.1, -0.05) is 15.9 Å². The van der Waals surface area contributed by atoms with E-state index in [1.165, 1.54) is 0 Å². The number of methoxy groups -OCH3 is 1. The number of nitrogens with zero attached hydrogens (tertiary/aromatic N) is 2. The Morgan fingerprint density at radius 3 is 2.33 bits per heavy atom. The second-order valence-electron chi connectivity index (χ2n) is 7.05. The first kappa shape index (κ1) is 20.3. The molecule has 1 aliphatic heterocycles. The van der Waals surface area contributed by atoms with Crippen molar-refractivity contribution in [2.45, 2.75) is 0 Å². The predicted octanol–water partition coefficient (Wildman–Crippen LogP) is 3.30. The van der Waals surface area contributed by atoms with E-state index in [-0.39, 0.29) is 18.4 Å². The molecule has 1 fully saturated rings. The molecule has 0 unspecified atom stereocenters. The zero-order chi connectivity index (χ0) is 21.1. The smallest absolute Gasteiger partial charge is 0.270 e. The van der Waals surface area contributed by atoms with Crippen molar-refractivity contribution in [1.29, 1.82) is 0 Å². The SMILES string of the molecule is COc1ccc(OCC(=O)N2CCN(C(=O)c3cc4cc(Br)ccc4[nH]3)CC2)cc1. The summed E-state index contributed by atoms with van der Waals surface area (Å²) in [6.07, 6.45) is 0. The topological polar surface area (TPSA) is 74.9 Å². The number of hydrogen-bond acceptors (Lipinski definition) is 4. The Bertz CT molecular complexity index is 1060. The number of H-pyrrole nitrogens is 1. The molecule has 0 radical (unpaired) electrons.